The Hall–Kier alpha value is -1.40. The molecule has 1 N–H and O–H groups in total. The quantitative estimate of drug-likeness (QED) is 0.858. The summed E-state index contributed by atoms with van der Waals surface area (Å²) in [4.78, 5) is 25.8. The summed E-state index contributed by atoms with van der Waals surface area (Å²) in [5.74, 6) is 0.168. The van der Waals surface area contributed by atoms with E-state index >= 15 is 0 Å². The maximum absolute atomic E-state index is 12.1. The van der Waals surface area contributed by atoms with Crippen LogP contribution in [0.4, 0.5) is 0 Å². The monoisotopic (exact) mass is 267 g/mol. The fourth-order valence-corrected chi connectivity index (χ4v) is 2.53. The molecular formula is C13H21N3O3. The van der Waals surface area contributed by atoms with E-state index in [1.807, 2.05) is 6.92 Å². The van der Waals surface area contributed by atoms with Crippen LogP contribution in [-0.2, 0) is 0 Å². The van der Waals surface area contributed by atoms with Gasteiger partial charge in [-0.25, -0.2) is 0 Å². The van der Waals surface area contributed by atoms with E-state index < -0.39 is 0 Å². The minimum absolute atomic E-state index is 0.230. The summed E-state index contributed by atoms with van der Waals surface area (Å²) in [7, 11) is 0. The summed E-state index contributed by atoms with van der Waals surface area (Å²) in [6.45, 7) is 6.68. The summed E-state index contributed by atoms with van der Waals surface area (Å²) in [6.07, 6.45) is 2.07. The summed E-state index contributed by atoms with van der Waals surface area (Å²) in [5, 5.41) is 3.31. The van der Waals surface area contributed by atoms with Gasteiger partial charge in [0.15, 0.2) is 0 Å². The first-order chi connectivity index (χ1) is 9.11. The molecule has 6 heteroatoms. The number of carbonyl (C=O) groups is 1. The van der Waals surface area contributed by atoms with Crippen molar-refractivity contribution in [3.63, 3.8) is 0 Å². The summed E-state index contributed by atoms with van der Waals surface area (Å²) in [5.41, 5.74) is -0.385. The zero-order valence-electron chi connectivity index (χ0n) is 11.5. The molecule has 0 atom stereocenters. The van der Waals surface area contributed by atoms with E-state index in [-0.39, 0.29) is 18.0 Å². The number of carbonyl (C=O) groups excluding carboxylic acids is 1. The molecule has 0 saturated carbocycles. The number of rotatable bonds is 4. The van der Waals surface area contributed by atoms with Crippen molar-refractivity contribution in [1.82, 2.24) is 15.0 Å². The third-order valence-electron chi connectivity index (χ3n) is 3.56. The van der Waals surface area contributed by atoms with E-state index in [1.54, 1.807) is 6.92 Å². The van der Waals surface area contributed by atoms with E-state index in [1.165, 1.54) is 6.07 Å². The number of nitrogens with one attached hydrogen (secondary N) is 1. The van der Waals surface area contributed by atoms with Crippen molar-refractivity contribution in [3.05, 3.63) is 22.2 Å². The minimum Gasteiger partial charge on any atom is -0.373 e. The van der Waals surface area contributed by atoms with E-state index in [4.69, 9.17) is 4.52 Å². The number of hydrogen-bond donors (Lipinski definition) is 1. The molecule has 0 bridgehead atoms. The second-order valence-corrected chi connectivity index (χ2v) is 4.92. The first kappa shape index (κ1) is 14.0. The number of piperidine rings is 1. The SMILES string of the molecule is CCN(CC(=O)n1oc(C)cc1=O)C1CCNCC1. The van der Waals surface area contributed by atoms with Gasteiger partial charge in [-0.3, -0.25) is 14.5 Å². The van der Waals surface area contributed by atoms with Crippen LogP contribution in [0.3, 0.4) is 0 Å². The van der Waals surface area contributed by atoms with Crippen LogP contribution in [-0.4, -0.2) is 47.8 Å². The highest BCUT2D eigenvalue weighted by Gasteiger charge is 2.23. The fourth-order valence-electron chi connectivity index (χ4n) is 2.53. The van der Waals surface area contributed by atoms with E-state index in [9.17, 15) is 9.59 Å². The molecule has 0 spiro atoms. The summed E-state index contributed by atoms with van der Waals surface area (Å²) in [6, 6.07) is 1.74. The second-order valence-electron chi connectivity index (χ2n) is 4.92. The van der Waals surface area contributed by atoms with Gasteiger partial charge in [0.25, 0.3) is 11.5 Å². The highest BCUT2D eigenvalue weighted by molar-refractivity contribution is 5.79. The number of nitrogens with zero attached hydrogens (tertiary/aromatic N) is 2. The van der Waals surface area contributed by atoms with Crippen molar-refractivity contribution in [3.8, 4) is 0 Å². The zero-order chi connectivity index (χ0) is 13.8. The lowest BCUT2D eigenvalue weighted by atomic mass is 10.0. The van der Waals surface area contributed by atoms with Crippen LogP contribution < -0.4 is 10.9 Å². The van der Waals surface area contributed by atoms with Gasteiger partial charge < -0.3 is 9.84 Å². The molecule has 19 heavy (non-hydrogen) atoms. The van der Waals surface area contributed by atoms with E-state index in [0.717, 1.165) is 37.2 Å². The lowest BCUT2D eigenvalue weighted by molar-refractivity contribution is 0.0663. The van der Waals surface area contributed by atoms with Gasteiger partial charge in [-0.05, 0) is 39.4 Å². The number of hydrogen-bond acceptors (Lipinski definition) is 5. The normalized spacial score (nSPS) is 17.0. The maximum Gasteiger partial charge on any atom is 0.290 e. The molecule has 1 saturated heterocycles. The van der Waals surface area contributed by atoms with Gasteiger partial charge in [0.2, 0.25) is 0 Å². The molecule has 1 aromatic rings. The Bertz CT molecular complexity index is 486. The Morgan fingerprint density at radius 1 is 1.53 bits per heavy atom. The molecule has 1 aromatic heterocycles. The van der Waals surface area contributed by atoms with Crippen LogP contribution in [0.2, 0.25) is 0 Å². The molecule has 2 heterocycles. The molecule has 6 nitrogen and oxygen atoms in total. The van der Waals surface area contributed by atoms with E-state index in [0.29, 0.717) is 11.8 Å². The molecular weight excluding hydrogens is 246 g/mol. The van der Waals surface area contributed by atoms with Crippen LogP contribution in [0.1, 0.15) is 30.3 Å². The smallest absolute Gasteiger partial charge is 0.290 e. The predicted molar refractivity (Wildman–Crippen MR) is 71.5 cm³/mol. The topological polar surface area (TPSA) is 67.5 Å². The Morgan fingerprint density at radius 3 is 2.74 bits per heavy atom. The summed E-state index contributed by atoms with van der Waals surface area (Å²) < 4.78 is 5.98. The van der Waals surface area contributed by atoms with Gasteiger partial charge in [0, 0.05) is 12.1 Å². The molecule has 1 fully saturated rings. The molecule has 0 amide bonds. The Labute approximate surface area is 112 Å². The first-order valence-electron chi connectivity index (χ1n) is 6.79. The Kier molecular flexibility index (Phi) is 4.55. The van der Waals surface area contributed by atoms with Crippen molar-refractivity contribution >= 4 is 5.91 Å². The van der Waals surface area contributed by atoms with Crippen LogP contribution in [0.15, 0.2) is 15.4 Å². The standard InChI is InChI=1S/C13H21N3O3/c1-3-15(11-4-6-14-7-5-11)9-13(18)16-12(17)8-10(2)19-16/h8,11,14H,3-7,9H2,1-2H3. The average Bonchev–Trinajstić information content (AvgIpc) is 2.76. The Morgan fingerprint density at radius 2 is 2.21 bits per heavy atom. The van der Waals surface area contributed by atoms with Gasteiger partial charge in [0.1, 0.15) is 5.76 Å². The molecule has 106 valence electrons. The molecule has 1 aliphatic heterocycles. The maximum atomic E-state index is 12.1. The predicted octanol–water partition coefficient (Wildman–Crippen LogP) is 0.464. The van der Waals surface area contributed by atoms with Crippen molar-refractivity contribution in [2.75, 3.05) is 26.2 Å². The van der Waals surface area contributed by atoms with Gasteiger partial charge in [-0.2, -0.15) is 0 Å². The first-order valence-corrected chi connectivity index (χ1v) is 6.79. The van der Waals surface area contributed by atoms with Crippen LogP contribution in [0.25, 0.3) is 0 Å². The lowest BCUT2D eigenvalue weighted by Crippen LogP contribution is -2.46. The van der Waals surface area contributed by atoms with Crippen molar-refractivity contribution in [1.29, 1.82) is 0 Å². The number of aryl methyl sites for hydroxylation is 1. The van der Waals surface area contributed by atoms with Gasteiger partial charge in [-0.1, -0.05) is 6.92 Å². The van der Waals surface area contributed by atoms with E-state index in [2.05, 4.69) is 10.2 Å². The molecule has 0 aromatic carbocycles. The molecule has 0 unspecified atom stereocenters. The second kappa shape index (κ2) is 6.16. The van der Waals surface area contributed by atoms with Crippen LogP contribution in [0.5, 0.6) is 0 Å². The molecule has 0 aliphatic carbocycles. The highest BCUT2D eigenvalue weighted by Crippen LogP contribution is 2.11. The van der Waals surface area contributed by atoms with Gasteiger partial charge in [0.05, 0.1) is 6.54 Å². The fraction of sp³-hybridized carbons (Fsp3) is 0.692. The van der Waals surface area contributed by atoms with Crippen molar-refractivity contribution in [2.24, 2.45) is 0 Å². The van der Waals surface area contributed by atoms with Crippen molar-refractivity contribution < 1.29 is 9.32 Å². The van der Waals surface area contributed by atoms with Crippen LogP contribution in [0, 0.1) is 6.92 Å². The highest BCUT2D eigenvalue weighted by atomic mass is 16.5. The Balaban J connectivity index is 2.03. The summed E-state index contributed by atoms with van der Waals surface area (Å²) >= 11 is 0. The molecule has 0 radical (unpaired) electrons. The average molecular weight is 267 g/mol. The number of aromatic nitrogens is 1. The van der Waals surface area contributed by atoms with Gasteiger partial charge >= 0.3 is 0 Å². The third kappa shape index (κ3) is 3.33. The number of likely N-dealkylation sites (N-methyl/N-ethyl adjacent to an activating group) is 1. The van der Waals surface area contributed by atoms with Crippen LogP contribution >= 0.6 is 0 Å². The third-order valence-corrected chi connectivity index (χ3v) is 3.56. The lowest BCUT2D eigenvalue weighted by Gasteiger charge is -2.33. The zero-order valence-corrected chi connectivity index (χ0v) is 11.5. The van der Waals surface area contributed by atoms with Gasteiger partial charge in [-0.15, -0.1) is 4.74 Å². The van der Waals surface area contributed by atoms with Crippen molar-refractivity contribution in [2.45, 2.75) is 32.7 Å². The molecule has 1 aliphatic rings. The molecule has 2 rings (SSSR count). The minimum atomic E-state index is -0.385. The largest absolute Gasteiger partial charge is 0.373 e.